The first-order valence-corrected chi connectivity index (χ1v) is 23.5. The van der Waals surface area contributed by atoms with Crippen molar-refractivity contribution in [2.75, 3.05) is 6.61 Å². The topological polar surface area (TPSA) is 255 Å². The molecule has 0 spiro atoms. The summed E-state index contributed by atoms with van der Waals surface area (Å²) in [5, 5.41) is 97.3. The Balaban J connectivity index is 1.04. The van der Waals surface area contributed by atoms with Gasteiger partial charge in [-0.3, -0.25) is 0 Å². The number of aliphatic carboxylic acids is 1. The van der Waals surface area contributed by atoms with Crippen LogP contribution >= 0.6 is 0 Å². The van der Waals surface area contributed by atoms with Gasteiger partial charge in [-0.1, -0.05) is 67.0 Å². The average Bonchev–Trinajstić information content (AvgIpc) is 3.20. The highest BCUT2D eigenvalue weighted by Gasteiger charge is 2.69. The number of carbonyl (C=O) groups is 1. The zero-order valence-corrected chi connectivity index (χ0v) is 38.5. The molecule has 16 nitrogen and oxygen atoms in total. The Hall–Kier alpha value is -1.35. The maximum absolute atomic E-state index is 12.4. The summed E-state index contributed by atoms with van der Waals surface area (Å²) in [5.41, 5.74) is 0.910. The van der Waals surface area contributed by atoms with E-state index in [2.05, 4.69) is 61.5 Å². The minimum absolute atomic E-state index is 0.0189. The number of fused-ring (bicyclic) bond motifs is 7. The van der Waals surface area contributed by atoms with E-state index in [-0.39, 0.29) is 39.1 Å². The normalized spacial score (nSPS) is 55.3. The average molecular weight is 897 g/mol. The Morgan fingerprint density at radius 2 is 1.33 bits per heavy atom. The number of carboxylic acids is 1. The Morgan fingerprint density at radius 1 is 0.667 bits per heavy atom. The van der Waals surface area contributed by atoms with Crippen LogP contribution in [0.25, 0.3) is 0 Å². The Morgan fingerprint density at radius 3 is 2.02 bits per heavy atom. The lowest BCUT2D eigenvalue weighted by Crippen LogP contribution is -2.67. The number of allylic oxidation sites excluding steroid dienone is 2. The van der Waals surface area contributed by atoms with Crippen molar-refractivity contribution in [2.24, 2.45) is 50.2 Å². The Kier molecular flexibility index (Phi) is 12.5. The zero-order chi connectivity index (χ0) is 46.1. The third-order valence-corrected chi connectivity index (χ3v) is 19.0. The van der Waals surface area contributed by atoms with Crippen molar-refractivity contribution < 1.29 is 79.2 Å². The molecule has 3 heterocycles. The van der Waals surface area contributed by atoms with Crippen LogP contribution in [-0.4, -0.2) is 157 Å². The molecule has 0 aromatic rings. The summed E-state index contributed by atoms with van der Waals surface area (Å²) >= 11 is 0. The predicted octanol–water partition coefficient (Wildman–Crippen LogP) is 2.37. The van der Waals surface area contributed by atoms with Gasteiger partial charge in [0.15, 0.2) is 25.0 Å². The third kappa shape index (κ3) is 7.51. The van der Waals surface area contributed by atoms with Crippen LogP contribution in [0.15, 0.2) is 11.6 Å². The SMILES string of the molecule is CC1OC(OC2C(OC3C(OC4CC[C@@]5(C)C(CCC6(C)C5CC=C5C7CC(C)(C)CC(O)C7(C)CC[C@@]56C)C4(C)C)OC(C(=O)O)C(O)C3O)OCC(O)C2O)C(O)C(O)C1O. The Bertz CT molecular complexity index is 1740. The van der Waals surface area contributed by atoms with Crippen LogP contribution in [0.1, 0.15) is 120 Å². The van der Waals surface area contributed by atoms with Crippen LogP contribution in [0, 0.1) is 50.2 Å². The van der Waals surface area contributed by atoms with Crippen LogP contribution in [0.4, 0.5) is 0 Å². The molecule has 0 radical (unpaired) electrons. The second-order valence-electron chi connectivity index (χ2n) is 23.3. The van der Waals surface area contributed by atoms with E-state index in [4.69, 9.17) is 28.4 Å². The number of aliphatic hydroxyl groups is 8. The molecule has 0 aromatic carbocycles. The van der Waals surface area contributed by atoms with E-state index in [9.17, 15) is 50.8 Å². The summed E-state index contributed by atoms with van der Waals surface area (Å²) in [6.07, 6.45) is -12.8. The smallest absolute Gasteiger partial charge is 0.335 e. The molecule has 9 N–H and O–H groups in total. The first-order valence-electron chi connectivity index (χ1n) is 23.5. The minimum atomic E-state index is -1.96. The number of rotatable bonds is 7. The molecule has 63 heavy (non-hydrogen) atoms. The lowest BCUT2D eigenvalue weighted by atomic mass is 9.33. The van der Waals surface area contributed by atoms with Crippen LogP contribution in [-0.2, 0) is 33.2 Å². The van der Waals surface area contributed by atoms with E-state index in [1.165, 1.54) is 6.92 Å². The molecule has 23 atom stereocenters. The first-order chi connectivity index (χ1) is 29.2. The number of hydrogen-bond acceptors (Lipinski definition) is 15. The van der Waals surface area contributed by atoms with E-state index >= 15 is 0 Å². The molecule has 21 unspecified atom stereocenters. The highest BCUT2D eigenvalue weighted by atomic mass is 16.8. The summed E-state index contributed by atoms with van der Waals surface area (Å²) in [6.45, 7) is 19.7. The van der Waals surface area contributed by atoms with Crippen LogP contribution < -0.4 is 0 Å². The van der Waals surface area contributed by atoms with Crippen molar-refractivity contribution in [1.82, 2.24) is 0 Å². The van der Waals surface area contributed by atoms with E-state index in [1.807, 2.05) is 0 Å². The molecule has 3 saturated heterocycles. The van der Waals surface area contributed by atoms with Gasteiger partial charge < -0.3 is 74.4 Å². The number of hydrogen-bond donors (Lipinski definition) is 9. The molecule has 16 heteroatoms. The molecule has 3 aliphatic heterocycles. The van der Waals surface area contributed by atoms with E-state index in [0.717, 1.165) is 51.4 Å². The molecule has 0 aromatic heterocycles. The van der Waals surface area contributed by atoms with Gasteiger partial charge in [0, 0.05) is 5.41 Å². The van der Waals surface area contributed by atoms with Gasteiger partial charge in [-0.05, 0) is 110 Å². The fraction of sp³-hybridized carbons (Fsp3) is 0.936. The van der Waals surface area contributed by atoms with Crippen molar-refractivity contribution in [3.8, 4) is 0 Å². The number of ether oxygens (including phenoxy) is 6. The van der Waals surface area contributed by atoms with Crippen LogP contribution in [0.5, 0.6) is 0 Å². The quantitative estimate of drug-likeness (QED) is 0.131. The second kappa shape index (κ2) is 16.4. The monoisotopic (exact) mass is 897 g/mol. The van der Waals surface area contributed by atoms with Crippen molar-refractivity contribution in [3.05, 3.63) is 11.6 Å². The maximum atomic E-state index is 12.4. The molecule has 7 fully saturated rings. The van der Waals surface area contributed by atoms with Gasteiger partial charge in [-0.2, -0.15) is 0 Å². The fourth-order valence-corrected chi connectivity index (χ4v) is 14.8. The van der Waals surface area contributed by atoms with Gasteiger partial charge >= 0.3 is 5.97 Å². The van der Waals surface area contributed by atoms with Crippen LogP contribution in [0.2, 0.25) is 0 Å². The van der Waals surface area contributed by atoms with Gasteiger partial charge in [0.2, 0.25) is 0 Å². The molecule has 0 amide bonds. The molecule has 4 saturated carbocycles. The van der Waals surface area contributed by atoms with Gasteiger partial charge in [0.25, 0.3) is 0 Å². The second-order valence-corrected chi connectivity index (χ2v) is 23.3. The van der Waals surface area contributed by atoms with E-state index in [0.29, 0.717) is 18.3 Å². The zero-order valence-electron chi connectivity index (χ0n) is 38.5. The lowest BCUT2D eigenvalue weighted by Gasteiger charge is -2.71. The molecule has 0 bridgehead atoms. The summed E-state index contributed by atoms with van der Waals surface area (Å²) in [4.78, 5) is 12.4. The molecule has 8 aliphatic rings. The predicted molar refractivity (Wildman–Crippen MR) is 223 cm³/mol. The summed E-state index contributed by atoms with van der Waals surface area (Å²) in [6, 6.07) is 0. The van der Waals surface area contributed by atoms with Crippen molar-refractivity contribution in [2.45, 2.75) is 218 Å². The van der Waals surface area contributed by atoms with Crippen molar-refractivity contribution in [1.29, 1.82) is 0 Å². The fourth-order valence-electron chi connectivity index (χ4n) is 14.8. The van der Waals surface area contributed by atoms with E-state index in [1.54, 1.807) is 5.57 Å². The first kappa shape index (κ1) is 48.1. The van der Waals surface area contributed by atoms with Gasteiger partial charge in [-0.25, -0.2) is 4.79 Å². The van der Waals surface area contributed by atoms with Gasteiger partial charge in [0.05, 0.1) is 24.9 Å². The minimum Gasteiger partial charge on any atom is -0.479 e. The summed E-state index contributed by atoms with van der Waals surface area (Å²) < 4.78 is 36.2. The number of carboxylic acid groups (broad SMARTS) is 1. The molecule has 360 valence electrons. The standard InChI is InChI=1S/C47H76O16/c1-21-29(50)31(52)34(55)39(59-21)62-36-30(51)24(48)20-58-40(36)63-37-33(54)32(53)35(38(56)57)61-41(37)60-28-13-14-45(7)25(43(28,4)5)12-15-47(9)26(45)11-10-22-23-18-42(2,3)19-27(49)44(23,6)16-17-46(22,47)8/h10,21,23-37,39-41,48-55H,11-20H2,1-9H3,(H,56,57)/t21?,23?,24?,25?,26?,27?,28?,29?,30?,31?,32?,33?,34?,35?,36?,37?,39?,40?,41?,44?,45-,46-,47?/m0/s1. The lowest BCUT2D eigenvalue weighted by molar-refractivity contribution is -0.386. The van der Waals surface area contributed by atoms with Gasteiger partial charge in [0.1, 0.15) is 54.9 Å². The molecule has 8 rings (SSSR count). The third-order valence-electron chi connectivity index (χ3n) is 19.0. The van der Waals surface area contributed by atoms with Crippen molar-refractivity contribution in [3.63, 3.8) is 0 Å². The summed E-state index contributed by atoms with van der Waals surface area (Å²) in [5.74, 6) is -0.622. The van der Waals surface area contributed by atoms with Crippen molar-refractivity contribution >= 4 is 5.97 Å². The van der Waals surface area contributed by atoms with Gasteiger partial charge in [-0.15, -0.1) is 0 Å². The van der Waals surface area contributed by atoms with E-state index < -0.39 is 110 Å². The molecule has 5 aliphatic carbocycles. The number of aliphatic hydroxyl groups excluding tert-OH is 8. The Labute approximate surface area is 371 Å². The highest BCUT2D eigenvalue weighted by molar-refractivity contribution is 5.73. The largest absolute Gasteiger partial charge is 0.479 e. The molecular weight excluding hydrogens is 821 g/mol. The summed E-state index contributed by atoms with van der Waals surface area (Å²) in [7, 11) is 0. The maximum Gasteiger partial charge on any atom is 0.335 e. The molecular formula is C47H76O16. The highest BCUT2D eigenvalue weighted by Crippen LogP contribution is 2.76. The van der Waals surface area contributed by atoms with Crippen LogP contribution in [0.3, 0.4) is 0 Å².